The summed E-state index contributed by atoms with van der Waals surface area (Å²) in [7, 11) is 1.70. The first-order valence-electron chi connectivity index (χ1n) is 6.81. The first-order valence-corrected chi connectivity index (χ1v) is 6.81. The number of benzene rings is 1. The van der Waals surface area contributed by atoms with Gasteiger partial charge in [0, 0.05) is 12.6 Å². The SMILES string of the molecule is COc1cccc(CCN2CCCCC2CO)c1. The third kappa shape index (κ3) is 3.47. The highest BCUT2D eigenvalue weighted by Gasteiger charge is 2.20. The molecule has 1 unspecified atom stereocenters. The van der Waals surface area contributed by atoms with E-state index in [1.54, 1.807) is 7.11 Å². The standard InChI is InChI=1S/C15H23NO2/c1-18-15-7-4-5-13(11-15)8-10-16-9-3-2-6-14(16)12-17/h4-5,7,11,14,17H,2-3,6,8-10,12H2,1H3. The van der Waals surface area contributed by atoms with Crippen LogP contribution < -0.4 is 4.74 Å². The number of aliphatic hydroxyl groups is 1. The maximum atomic E-state index is 9.38. The van der Waals surface area contributed by atoms with E-state index in [-0.39, 0.29) is 6.61 Å². The van der Waals surface area contributed by atoms with Gasteiger partial charge < -0.3 is 9.84 Å². The molecule has 1 saturated heterocycles. The molecular formula is C15H23NO2. The first-order chi connectivity index (χ1) is 8.83. The van der Waals surface area contributed by atoms with Crippen LogP contribution in [-0.4, -0.2) is 42.9 Å². The van der Waals surface area contributed by atoms with E-state index in [2.05, 4.69) is 17.0 Å². The molecule has 3 nitrogen and oxygen atoms in total. The number of piperidine rings is 1. The Bertz CT molecular complexity index is 367. The Labute approximate surface area is 109 Å². The smallest absolute Gasteiger partial charge is 0.119 e. The van der Waals surface area contributed by atoms with E-state index in [1.807, 2.05) is 12.1 Å². The second-order valence-corrected chi connectivity index (χ2v) is 4.97. The fourth-order valence-corrected chi connectivity index (χ4v) is 2.66. The van der Waals surface area contributed by atoms with Crippen LogP contribution in [-0.2, 0) is 6.42 Å². The van der Waals surface area contributed by atoms with E-state index in [9.17, 15) is 5.11 Å². The number of hydrogen-bond donors (Lipinski definition) is 1. The Morgan fingerprint density at radius 3 is 3.06 bits per heavy atom. The molecule has 0 aliphatic carbocycles. The Balaban J connectivity index is 1.89. The number of aliphatic hydroxyl groups excluding tert-OH is 1. The lowest BCUT2D eigenvalue weighted by atomic mass is 10.0. The molecule has 3 heteroatoms. The van der Waals surface area contributed by atoms with Crippen molar-refractivity contribution in [2.45, 2.75) is 31.7 Å². The van der Waals surface area contributed by atoms with Gasteiger partial charge in [-0.25, -0.2) is 0 Å². The van der Waals surface area contributed by atoms with Crippen LogP contribution in [0.25, 0.3) is 0 Å². The van der Waals surface area contributed by atoms with Gasteiger partial charge in [-0.15, -0.1) is 0 Å². The first kappa shape index (κ1) is 13.4. The minimum Gasteiger partial charge on any atom is -0.497 e. The van der Waals surface area contributed by atoms with Gasteiger partial charge in [-0.2, -0.15) is 0 Å². The predicted molar refractivity (Wildman–Crippen MR) is 73.0 cm³/mol. The van der Waals surface area contributed by atoms with Crippen LogP contribution in [0.1, 0.15) is 24.8 Å². The highest BCUT2D eigenvalue weighted by molar-refractivity contribution is 5.28. The van der Waals surface area contributed by atoms with E-state index in [0.717, 1.165) is 31.7 Å². The van der Waals surface area contributed by atoms with Crippen LogP contribution in [0.2, 0.25) is 0 Å². The van der Waals surface area contributed by atoms with Crippen molar-refractivity contribution in [1.82, 2.24) is 4.90 Å². The molecule has 1 heterocycles. The molecule has 0 aromatic heterocycles. The topological polar surface area (TPSA) is 32.7 Å². The molecule has 0 amide bonds. The average Bonchev–Trinajstić information content (AvgIpc) is 2.45. The zero-order valence-electron chi connectivity index (χ0n) is 11.1. The molecule has 1 aliphatic rings. The number of rotatable bonds is 5. The van der Waals surface area contributed by atoms with Gasteiger partial charge in [0.05, 0.1) is 13.7 Å². The molecule has 1 aromatic carbocycles. The van der Waals surface area contributed by atoms with Crippen LogP contribution in [0.3, 0.4) is 0 Å². The van der Waals surface area contributed by atoms with Gasteiger partial charge >= 0.3 is 0 Å². The minimum atomic E-state index is 0.290. The third-order valence-electron chi connectivity index (χ3n) is 3.78. The zero-order valence-corrected chi connectivity index (χ0v) is 11.1. The highest BCUT2D eigenvalue weighted by Crippen LogP contribution is 2.18. The molecule has 100 valence electrons. The van der Waals surface area contributed by atoms with Crippen LogP contribution in [0.15, 0.2) is 24.3 Å². The van der Waals surface area contributed by atoms with E-state index in [4.69, 9.17) is 4.74 Å². The van der Waals surface area contributed by atoms with Crippen LogP contribution in [0, 0.1) is 0 Å². The fraction of sp³-hybridized carbons (Fsp3) is 0.600. The Hall–Kier alpha value is -1.06. The molecule has 1 aromatic rings. The molecule has 2 rings (SSSR count). The van der Waals surface area contributed by atoms with Gasteiger partial charge in [0.2, 0.25) is 0 Å². The summed E-state index contributed by atoms with van der Waals surface area (Å²) in [5.74, 6) is 0.921. The van der Waals surface area contributed by atoms with E-state index in [1.165, 1.54) is 18.4 Å². The summed E-state index contributed by atoms with van der Waals surface area (Å²) < 4.78 is 5.24. The Kier molecular flexibility index (Phi) is 5.02. The molecule has 0 bridgehead atoms. The lowest BCUT2D eigenvalue weighted by Gasteiger charge is -2.34. The van der Waals surface area contributed by atoms with E-state index < -0.39 is 0 Å². The molecule has 0 radical (unpaired) electrons. The molecule has 1 N–H and O–H groups in total. The van der Waals surface area contributed by atoms with E-state index >= 15 is 0 Å². The maximum absolute atomic E-state index is 9.38. The molecule has 1 atom stereocenters. The second kappa shape index (κ2) is 6.76. The van der Waals surface area contributed by atoms with Gasteiger partial charge in [-0.3, -0.25) is 4.90 Å². The lowest BCUT2D eigenvalue weighted by molar-refractivity contribution is 0.0913. The van der Waals surface area contributed by atoms with Gasteiger partial charge in [0.15, 0.2) is 0 Å². The summed E-state index contributed by atoms with van der Waals surface area (Å²) in [5, 5.41) is 9.38. The van der Waals surface area contributed by atoms with Gasteiger partial charge in [-0.1, -0.05) is 18.6 Å². The van der Waals surface area contributed by atoms with Crippen molar-refractivity contribution in [3.05, 3.63) is 29.8 Å². The summed E-state index contributed by atoms with van der Waals surface area (Å²) in [4.78, 5) is 2.42. The highest BCUT2D eigenvalue weighted by atomic mass is 16.5. The number of methoxy groups -OCH3 is 1. The normalized spacial score (nSPS) is 20.9. The van der Waals surface area contributed by atoms with Crippen LogP contribution >= 0.6 is 0 Å². The van der Waals surface area contributed by atoms with Gasteiger partial charge in [0.1, 0.15) is 5.75 Å². The van der Waals surface area contributed by atoms with Crippen molar-refractivity contribution in [3.63, 3.8) is 0 Å². The van der Waals surface area contributed by atoms with Crippen molar-refractivity contribution < 1.29 is 9.84 Å². The predicted octanol–water partition coefficient (Wildman–Crippen LogP) is 2.08. The average molecular weight is 249 g/mol. The fourth-order valence-electron chi connectivity index (χ4n) is 2.66. The quantitative estimate of drug-likeness (QED) is 0.867. The number of ether oxygens (including phenoxy) is 1. The minimum absolute atomic E-state index is 0.290. The van der Waals surface area contributed by atoms with Crippen LogP contribution in [0.4, 0.5) is 0 Å². The monoisotopic (exact) mass is 249 g/mol. The van der Waals surface area contributed by atoms with Gasteiger partial charge in [-0.05, 0) is 43.5 Å². The Morgan fingerprint density at radius 1 is 1.39 bits per heavy atom. The van der Waals surface area contributed by atoms with Crippen molar-refractivity contribution >= 4 is 0 Å². The van der Waals surface area contributed by atoms with Crippen molar-refractivity contribution in [3.8, 4) is 5.75 Å². The van der Waals surface area contributed by atoms with Crippen molar-refractivity contribution in [2.24, 2.45) is 0 Å². The summed E-state index contributed by atoms with van der Waals surface area (Å²) in [6.07, 6.45) is 4.66. The molecule has 1 aliphatic heterocycles. The number of likely N-dealkylation sites (tertiary alicyclic amines) is 1. The lowest BCUT2D eigenvalue weighted by Crippen LogP contribution is -2.42. The zero-order chi connectivity index (χ0) is 12.8. The maximum Gasteiger partial charge on any atom is 0.119 e. The van der Waals surface area contributed by atoms with Crippen LogP contribution in [0.5, 0.6) is 5.75 Å². The molecule has 0 spiro atoms. The third-order valence-corrected chi connectivity index (χ3v) is 3.78. The summed E-state index contributed by atoms with van der Waals surface area (Å²) in [5.41, 5.74) is 1.30. The molecule has 1 fully saturated rings. The van der Waals surface area contributed by atoms with Crippen molar-refractivity contribution in [1.29, 1.82) is 0 Å². The number of nitrogens with zero attached hydrogens (tertiary/aromatic N) is 1. The summed E-state index contributed by atoms with van der Waals surface area (Å²) in [6, 6.07) is 8.61. The van der Waals surface area contributed by atoms with Crippen molar-refractivity contribution in [2.75, 3.05) is 26.8 Å². The van der Waals surface area contributed by atoms with Gasteiger partial charge in [0.25, 0.3) is 0 Å². The van der Waals surface area contributed by atoms with E-state index in [0.29, 0.717) is 6.04 Å². The second-order valence-electron chi connectivity index (χ2n) is 4.97. The Morgan fingerprint density at radius 2 is 2.28 bits per heavy atom. The molecule has 0 saturated carbocycles. The largest absolute Gasteiger partial charge is 0.497 e. The summed E-state index contributed by atoms with van der Waals surface area (Å²) in [6.45, 7) is 2.44. The molecule has 18 heavy (non-hydrogen) atoms. The molecular weight excluding hydrogens is 226 g/mol. The summed E-state index contributed by atoms with van der Waals surface area (Å²) >= 11 is 0. The number of hydrogen-bond acceptors (Lipinski definition) is 3.